The topological polar surface area (TPSA) is 33.1 Å². The van der Waals surface area contributed by atoms with Gasteiger partial charge < -0.3 is 5.11 Å². The minimum Gasteiger partial charge on any atom is -0.506 e. The zero-order chi connectivity index (χ0) is 5.98. The molecule has 0 fully saturated rings. The molecule has 0 bridgehead atoms. The summed E-state index contributed by atoms with van der Waals surface area (Å²) in [5, 5.41) is 8.64. The fraction of sp³-hybridized carbons (Fsp3) is 0.167. The number of aryl methyl sites for hydroxylation is 1. The lowest BCUT2D eigenvalue weighted by Gasteiger charge is -1.87. The standard InChI is InChI=1S/C6H6NO/c1-5-2-3-6(8)4-7-5/h2,4,8H,1H3. The lowest BCUT2D eigenvalue weighted by Crippen LogP contribution is -1.75. The van der Waals surface area contributed by atoms with Crippen LogP contribution in [0.2, 0.25) is 0 Å². The van der Waals surface area contributed by atoms with Crippen LogP contribution in [-0.4, -0.2) is 10.1 Å². The van der Waals surface area contributed by atoms with Crippen LogP contribution in [0.3, 0.4) is 0 Å². The molecule has 0 aromatic carbocycles. The van der Waals surface area contributed by atoms with E-state index in [1.807, 2.05) is 6.92 Å². The number of aromatic hydroxyl groups is 1. The maximum atomic E-state index is 8.64. The molecule has 0 aliphatic heterocycles. The number of hydrogen-bond donors (Lipinski definition) is 1. The third kappa shape index (κ3) is 0.964. The number of nitrogens with zero attached hydrogens (tertiary/aromatic N) is 1. The van der Waals surface area contributed by atoms with Gasteiger partial charge in [-0.15, -0.1) is 0 Å². The molecule has 0 saturated carbocycles. The summed E-state index contributed by atoms with van der Waals surface area (Å²) >= 11 is 0. The second kappa shape index (κ2) is 1.82. The van der Waals surface area contributed by atoms with Crippen molar-refractivity contribution in [1.82, 2.24) is 4.98 Å². The first kappa shape index (κ1) is 5.09. The normalized spacial score (nSPS) is 9.12. The maximum absolute atomic E-state index is 8.64. The average molecular weight is 108 g/mol. The average Bonchev–Trinajstić information content (AvgIpc) is 1.77. The Balaban J connectivity index is 3.03. The highest BCUT2D eigenvalue weighted by Gasteiger charge is 1.84. The predicted molar refractivity (Wildman–Crippen MR) is 29.5 cm³/mol. The molecule has 1 N–H and O–H groups in total. The van der Waals surface area contributed by atoms with Gasteiger partial charge in [-0.1, -0.05) is 0 Å². The fourth-order valence-electron chi connectivity index (χ4n) is 0.416. The molecular weight excluding hydrogens is 102 g/mol. The highest BCUT2D eigenvalue weighted by molar-refractivity contribution is 5.14. The maximum Gasteiger partial charge on any atom is 0.141 e. The van der Waals surface area contributed by atoms with Crippen molar-refractivity contribution in [1.29, 1.82) is 0 Å². The zero-order valence-corrected chi connectivity index (χ0v) is 4.55. The summed E-state index contributed by atoms with van der Waals surface area (Å²) in [6, 6.07) is 4.23. The molecule has 2 heteroatoms. The molecule has 0 aliphatic carbocycles. The highest BCUT2D eigenvalue weighted by atomic mass is 16.3. The van der Waals surface area contributed by atoms with E-state index in [0.717, 1.165) is 5.69 Å². The lowest BCUT2D eigenvalue weighted by molar-refractivity contribution is 0.471. The van der Waals surface area contributed by atoms with Gasteiger partial charge in [0.2, 0.25) is 0 Å². The molecule has 1 rings (SSSR count). The number of rotatable bonds is 0. The van der Waals surface area contributed by atoms with E-state index in [0.29, 0.717) is 0 Å². The van der Waals surface area contributed by atoms with Crippen molar-refractivity contribution >= 4 is 0 Å². The first-order valence-electron chi connectivity index (χ1n) is 2.32. The summed E-state index contributed by atoms with van der Waals surface area (Å²) in [7, 11) is 0. The molecule has 0 spiro atoms. The van der Waals surface area contributed by atoms with Crippen LogP contribution in [0.15, 0.2) is 12.3 Å². The van der Waals surface area contributed by atoms with Crippen LogP contribution in [0.1, 0.15) is 5.69 Å². The second-order valence-corrected chi connectivity index (χ2v) is 1.57. The van der Waals surface area contributed by atoms with E-state index >= 15 is 0 Å². The molecule has 0 saturated heterocycles. The van der Waals surface area contributed by atoms with Gasteiger partial charge in [-0.25, -0.2) is 0 Å². The van der Waals surface area contributed by atoms with Crippen molar-refractivity contribution in [3.05, 3.63) is 24.0 Å². The Labute approximate surface area is 47.8 Å². The lowest BCUT2D eigenvalue weighted by atomic mass is 10.4. The highest BCUT2D eigenvalue weighted by Crippen LogP contribution is 2.02. The molecule has 8 heavy (non-hydrogen) atoms. The predicted octanol–water partition coefficient (Wildman–Crippen LogP) is 0.896. The quantitative estimate of drug-likeness (QED) is 0.535. The summed E-state index contributed by atoms with van der Waals surface area (Å²) in [6.07, 6.45) is 1.37. The minimum atomic E-state index is 0.0931. The number of pyridine rings is 1. The molecular formula is C6H6NO. The van der Waals surface area contributed by atoms with Crippen LogP contribution in [0.5, 0.6) is 5.75 Å². The van der Waals surface area contributed by atoms with Crippen LogP contribution in [0.25, 0.3) is 0 Å². The molecule has 2 nitrogen and oxygen atoms in total. The van der Waals surface area contributed by atoms with E-state index in [1.165, 1.54) is 6.20 Å². The smallest absolute Gasteiger partial charge is 0.141 e. The summed E-state index contributed by atoms with van der Waals surface area (Å²) in [5.74, 6) is 0.0931. The fourth-order valence-corrected chi connectivity index (χ4v) is 0.416. The summed E-state index contributed by atoms with van der Waals surface area (Å²) in [4.78, 5) is 3.80. The molecule has 1 heterocycles. The molecule has 0 amide bonds. The number of aromatic nitrogens is 1. The molecule has 0 aliphatic rings. The monoisotopic (exact) mass is 108 g/mol. The van der Waals surface area contributed by atoms with Crippen LogP contribution >= 0.6 is 0 Å². The van der Waals surface area contributed by atoms with Crippen molar-refractivity contribution in [3.63, 3.8) is 0 Å². The van der Waals surface area contributed by atoms with E-state index in [4.69, 9.17) is 5.11 Å². The van der Waals surface area contributed by atoms with Crippen molar-refractivity contribution < 1.29 is 5.11 Å². The van der Waals surface area contributed by atoms with Gasteiger partial charge >= 0.3 is 0 Å². The van der Waals surface area contributed by atoms with Crippen LogP contribution in [-0.2, 0) is 0 Å². The van der Waals surface area contributed by atoms with E-state index in [-0.39, 0.29) is 5.75 Å². The summed E-state index contributed by atoms with van der Waals surface area (Å²) < 4.78 is 0. The van der Waals surface area contributed by atoms with Crippen LogP contribution in [0, 0.1) is 13.0 Å². The molecule has 0 unspecified atom stereocenters. The Morgan fingerprint density at radius 2 is 2.50 bits per heavy atom. The molecule has 0 atom stereocenters. The van der Waals surface area contributed by atoms with Gasteiger partial charge in [0.1, 0.15) is 5.75 Å². The minimum absolute atomic E-state index is 0.0931. The van der Waals surface area contributed by atoms with Gasteiger partial charge in [0, 0.05) is 11.8 Å². The van der Waals surface area contributed by atoms with Gasteiger partial charge in [-0.05, 0) is 13.0 Å². The third-order valence-electron chi connectivity index (χ3n) is 0.819. The molecule has 41 valence electrons. The first-order valence-corrected chi connectivity index (χ1v) is 2.32. The Kier molecular flexibility index (Phi) is 1.16. The third-order valence-corrected chi connectivity index (χ3v) is 0.819. The molecule has 1 radical (unpaired) electrons. The van der Waals surface area contributed by atoms with Crippen molar-refractivity contribution in [2.24, 2.45) is 0 Å². The summed E-state index contributed by atoms with van der Waals surface area (Å²) in [6.45, 7) is 1.84. The van der Waals surface area contributed by atoms with Crippen molar-refractivity contribution in [3.8, 4) is 5.75 Å². The van der Waals surface area contributed by atoms with Gasteiger partial charge in [-0.2, -0.15) is 0 Å². The van der Waals surface area contributed by atoms with Crippen LogP contribution in [0.4, 0.5) is 0 Å². The van der Waals surface area contributed by atoms with Crippen LogP contribution < -0.4 is 0 Å². The zero-order valence-electron chi connectivity index (χ0n) is 4.55. The molecule has 1 aromatic rings. The molecule has 1 aromatic heterocycles. The van der Waals surface area contributed by atoms with Crippen molar-refractivity contribution in [2.45, 2.75) is 6.92 Å². The van der Waals surface area contributed by atoms with Gasteiger partial charge in [0.25, 0.3) is 0 Å². The second-order valence-electron chi connectivity index (χ2n) is 1.57. The van der Waals surface area contributed by atoms with Gasteiger partial charge in [-0.3, -0.25) is 4.98 Å². The summed E-state index contributed by atoms with van der Waals surface area (Å²) in [5.41, 5.74) is 0.864. The van der Waals surface area contributed by atoms with E-state index in [2.05, 4.69) is 11.1 Å². The Morgan fingerprint density at radius 3 is 2.88 bits per heavy atom. The van der Waals surface area contributed by atoms with E-state index in [1.54, 1.807) is 6.07 Å². The SMILES string of the molecule is Cc1c[c]c(O)cn1. The van der Waals surface area contributed by atoms with Gasteiger partial charge in [0.05, 0.1) is 6.20 Å². The van der Waals surface area contributed by atoms with Gasteiger partial charge in [0.15, 0.2) is 0 Å². The van der Waals surface area contributed by atoms with E-state index in [9.17, 15) is 0 Å². The van der Waals surface area contributed by atoms with Crippen molar-refractivity contribution in [2.75, 3.05) is 0 Å². The Bertz CT molecular complexity index is 147. The Morgan fingerprint density at radius 1 is 1.75 bits per heavy atom. The van der Waals surface area contributed by atoms with E-state index < -0.39 is 0 Å². The first-order chi connectivity index (χ1) is 3.79. The number of hydrogen-bond acceptors (Lipinski definition) is 2. The Hall–Kier alpha value is -1.05. The largest absolute Gasteiger partial charge is 0.506 e.